The number of halogens is 1. The zero-order valence-corrected chi connectivity index (χ0v) is 12.1. The first-order valence-corrected chi connectivity index (χ1v) is 6.48. The molecule has 5 nitrogen and oxygen atoms in total. The average molecular weight is 349 g/mol. The third kappa shape index (κ3) is 4.47. The minimum atomic E-state index is -0.353. The molecule has 0 aliphatic carbocycles. The highest BCUT2D eigenvalue weighted by atomic mass is 127. The summed E-state index contributed by atoms with van der Waals surface area (Å²) in [6, 6.07) is 5.19. The first-order chi connectivity index (χ1) is 8.04. The van der Waals surface area contributed by atoms with Crippen LogP contribution in [0, 0.1) is 13.7 Å². The van der Waals surface area contributed by atoms with E-state index in [1.165, 1.54) is 0 Å². The maximum absolute atomic E-state index is 10.9. The van der Waals surface area contributed by atoms with Gasteiger partial charge in [-0.05, 0) is 48.3 Å². The third-order valence-corrected chi connectivity index (χ3v) is 3.18. The van der Waals surface area contributed by atoms with Crippen LogP contribution in [0.15, 0.2) is 18.2 Å². The van der Waals surface area contributed by atoms with Gasteiger partial charge in [0.15, 0.2) is 0 Å². The summed E-state index contributed by atoms with van der Waals surface area (Å²) in [6.07, 6.45) is 0. The molecule has 0 bridgehead atoms. The summed E-state index contributed by atoms with van der Waals surface area (Å²) in [6.45, 7) is 4.61. The van der Waals surface area contributed by atoms with Gasteiger partial charge in [-0.25, -0.2) is 0 Å². The fourth-order valence-corrected chi connectivity index (χ4v) is 1.82. The number of nitrogens with one attached hydrogen (secondary N) is 1. The Morgan fingerprint density at radius 2 is 2.24 bits per heavy atom. The molecule has 6 heteroatoms. The number of hydrogen-bond acceptors (Lipinski definition) is 4. The molecule has 0 saturated heterocycles. The quantitative estimate of drug-likeness (QED) is 0.487. The fourth-order valence-electron chi connectivity index (χ4n) is 1.34. The molecule has 17 heavy (non-hydrogen) atoms. The van der Waals surface area contributed by atoms with Crippen LogP contribution in [0.3, 0.4) is 0 Å². The normalized spacial score (nSPS) is 10.6. The molecule has 1 rings (SSSR count). The highest BCUT2D eigenvalue weighted by Gasteiger charge is 2.13. The van der Waals surface area contributed by atoms with Crippen molar-refractivity contribution in [2.24, 2.45) is 0 Å². The van der Waals surface area contributed by atoms with Crippen LogP contribution in [0.5, 0.6) is 0 Å². The molecule has 0 saturated carbocycles. The molecular formula is C11H16IN3O2. The minimum Gasteiger partial charge on any atom is -0.378 e. The van der Waals surface area contributed by atoms with E-state index in [9.17, 15) is 10.1 Å². The molecule has 0 heterocycles. The van der Waals surface area contributed by atoms with Crippen LogP contribution in [-0.4, -0.2) is 36.5 Å². The fraction of sp³-hybridized carbons (Fsp3) is 0.455. The molecule has 0 spiro atoms. The van der Waals surface area contributed by atoms with Gasteiger partial charge in [0.1, 0.15) is 5.69 Å². The van der Waals surface area contributed by atoms with Crippen molar-refractivity contribution in [3.8, 4) is 0 Å². The predicted molar refractivity (Wildman–Crippen MR) is 77.5 cm³/mol. The van der Waals surface area contributed by atoms with Crippen molar-refractivity contribution in [3.05, 3.63) is 31.9 Å². The molecule has 1 aromatic rings. The van der Waals surface area contributed by atoms with Crippen LogP contribution in [0.2, 0.25) is 0 Å². The summed E-state index contributed by atoms with van der Waals surface area (Å²) >= 11 is 2.07. The summed E-state index contributed by atoms with van der Waals surface area (Å²) in [7, 11) is 2.02. The summed E-state index contributed by atoms with van der Waals surface area (Å²) in [5.41, 5.74) is 0.718. The molecule has 0 fully saturated rings. The van der Waals surface area contributed by atoms with Crippen LogP contribution < -0.4 is 5.32 Å². The van der Waals surface area contributed by atoms with Gasteiger partial charge in [0, 0.05) is 22.7 Å². The predicted octanol–water partition coefficient (Wildman–Crippen LogP) is 2.56. The molecule has 0 unspecified atom stereocenters. The van der Waals surface area contributed by atoms with Gasteiger partial charge in [-0.15, -0.1) is 0 Å². The first-order valence-electron chi connectivity index (χ1n) is 5.41. The van der Waals surface area contributed by atoms with Gasteiger partial charge in [0.2, 0.25) is 0 Å². The van der Waals surface area contributed by atoms with Gasteiger partial charge in [-0.1, -0.05) is 6.92 Å². The van der Waals surface area contributed by atoms with E-state index < -0.39 is 0 Å². The number of benzene rings is 1. The first kappa shape index (κ1) is 14.2. The topological polar surface area (TPSA) is 58.4 Å². The van der Waals surface area contributed by atoms with E-state index in [1.54, 1.807) is 12.1 Å². The SMILES string of the molecule is CCN(C)CCNc1ccc(I)cc1[N+](=O)[O-]. The number of rotatable bonds is 6. The number of nitro groups is 1. The van der Waals surface area contributed by atoms with Crippen molar-refractivity contribution < 1.29 is 4.92 Å². The summed E-state index contributed by atoms with van der Waals surface area (Å²) in [5, 5.41) is 14.0. The molecule has 1 N–H and O–H groups in total. The molecular weight excluding hydrogens is 333 g/mol. The van der Waals surface area contributed by atoms with Gasteiger partial charge < -0.3 is 10.2 Å². The molecule has 1 aromatic carbocycles. The lowest BCUT2D eigenvalue weighted by atomic mass is 10.2. The molecule has 0 aliphatic heterocycles. The van der Waals surface area contributed by atoms with Crippen molar-refractivity contribution in [1.29, 1.82) is 0 Å². The second kappa shape index (κ2) is 6.75. The largest absolute Gasteiger partial charge is 0.378 e. The molecule has 0 aromatic heterocycles. The molecule has 94 valence electrons. The minimum absolute atomic E-state index is 0.135. The zero-order valence-electron chi connectivity index (χ0n) is 9.94. The Bertz CT molecular complexity index is 398. The van der Waals surface area contributed by atoms with Crippen LogP contribution in [0.4, 0.5) is 11.4 Å². The van der Waals surface area contributed by atoms with Crippen LogP contribution in [0.1, 0.15) is 6.92 Å². The number of likely N-dealkylation sites (N-methyl/N-ethyl adjacent to an activating group) is 1. The number of nitro benzene ring substituents is 1. The lowest BCUT2D eigenvalue weighted by Gasteiger charge is -2.14. The Labute approximate surface area is 114 Å². The van der Waals surface area contributed by atoms with Crippen LogP contribution in [0.25, 0.3) is 0 Å². The van der Waals surface area contributed by atoms with Crippen molar-refractivity contribution >= 4 is 34.0 Å². The van der Waals surface area contributed by atoms with Gasteiger partial charge in [0.25, 0.3) is 5.69 Å². The van der Waals surface area contributed by atoms with E-state index in [0.29, 0.717) is 12.2 Å². The Balaban J connectivity index is 2.67. The van der Waals surface area contributed by atoms with Crippen LogP contribution in [-0.2, 0) is 0 Å². The Morgan fingerprint density at radius 1 is 1.53 bits per heavy atom. The lowest BCUT2D eigenvalue weighted by Crippen LogP contribution is -2.24. The molecule has 0 aliphatic rings. The number of hydrogen-bond donors (Lipinski definition) is 1. The van der Waals surface area contributed by atoms with E-state index in [1.807, 2.05) is 13.1 Å². The monoisotopic (exact) mass is 349 g/mol. The highest BCUT2D eigenvalue weighted by Crippen LogP contribution is 2.25. The van der Waals surface area contributed by atoms with Gasteiger partial charge in [-0.3, -0.25) is 10.1 Å². The van der Waals surface area contributed by atoms with Gasteiger partial charge in [0.05, 0.1) is 4.92 Å². The molecule has 0 atom stereocenters. The summed E-state index contributed by atoms with van der Waals surface area (Å²) < 4.78 is 0.866. The van der Waals surface area contributed by atoms with Gasteiger partial charge >= 0.3 is 0 Å². The number of anilines is 1. The molecule has 0 radical (unpaired) electrons. The smallest absolute Gasteiger partial charge is 0.293 e. The highest BCUT2D eigenvalue weighted by molar-refractivity contribution is 14.1. The summed E-state index contributed by atoms with van der Waals surface area (Å²) in [5.74, 6) is 0. The Kier molecular flexibility index (Phi) is 5.63. The van der Waals surface area contributed by atoms with Gasteiger partial charge in [-0.2, -0.15) is 0 Å². The van der Waals surface area contributed by atoms with Crippen LogP contribution >= 0.6 is 22.6 Å². The standard InChI is InChI=1S/C11H16IN3O2/c1-3-14(2)7-6-13-10-5-4-9(12)8-11(10)15(16)17/h4-5,8,13H,3,6-7H2,1-2H3. The summed E-state index contributed by atoms with van der Waals surface area (Å²) in [4.78, 5) is 12.7. The second-order valence-electron chi connectivity index (χ2n) is 3.74. The maximum Gasteiger partial charge on any atom is 0.293 e. The van der Waals surface area contributed by atoms with Crippen molar-refractivity contribution in [1.82, 2.24) is 4.90 Å². The van der Waals surface area contributed by atoms with Crippen molar-refractivity contribution in [2.75, 3.05) is 32.0 Å². The lowest BCUT2D eigenvalue weighted by molar-refractivity contribution is -0.384. The van der Waals surface area contributed by atoms with E-state index in [4.69, 9.17) is 0 Å². The second-order valence-corrected chi connectivity index (χ2v) is 4.99. The number of nitrogens with zero attached hydrogens (tertiary/aromatic N) is 2. The zero-order chi connectivity index (χ0) is 12.8. The Hall–Kier alpha value is -0.890. The molecule has 0 amide bonds. The van der Waals surface area contributed by atoms with Crippen molar-refractivity contribution in [2.45, 2.75) is 6.92 Å². The maximum atomic E-state index is 10.9. The van der Waals surface area contributed by atoms with E-state index in [2.05, 4.69) is 39.7 Å². The van der Waals surface area contributed by atoms with E-state index in [0.717, 1.165) is 16.7 Å². The Morgan fingerprint density at radius 3 is 2.82 bits per heavy atom. The average Bonchev–Trinajstić information content (AvgIpc) is 2.30. The van der Waals surface area contributed by atoms with Crippen molar-refractivity contribution in [3.63, 3.8) is 0 Å². The van der Waals surface area contributed by atoms with E-state index in [-0.39, 0.29) is 10.6 Å². The third-order valence-electron chi connectivity index (χ3n) is 2.51. The van der Waals surface area contributed by atoms with E-state index >= 15 is 0 Å².